The van der Waals surface area contributed by atoms with E-state index in [0.717, 1.165) is 11.1 Å². The normalized spacial score (nSPS) is 12.2. The molecule has 0 atom stereocenters. The van der Waals surface area contributed by atoms with Crippen molar-refractivity contribution in [1.29, 1.82) is 0 Å². The largest absolute Gasteiger partial charge is 0.379 e. The summed E-state index contributed by atoms with van der Waals surface area (Å²) in [6, 6.07) is 17.9. The van der Waals surface area contributed by atoms with Gasteiger partial charge in [-0.05, 0) is 11.1 Å². The molecule has 0 saturated heterocycles. The molecule has 0 heterocycles. The van der Waals surface area contributed by atoms with Crippen molar-refractivity contribution in [2.45, 2.75) is 11.5 Å². The summed E-state index contributed by atoms with van der Waals surface area (Å²) in [4.78, 5) is 0. The van der Waals surface area contributed by atoms with Crippen LogP contribution in [0.4, 0.5) is 0 Å². The van der Waals surface area contributed by atoms with Gasteiger partial charge in [-0.15, -0.1) is 0 Å². The molecule has 0 aliphatic rings. The first-order valence-corrected chi connectivity index (χ1v) is 11.6. The molecule has 0 spiro atoms. The van der Waals surface area contributed by atoms with Crippen molar-refractivity contribution < 1.29 is 21.6 Å². The van der Waals surface area contributed by atoms with E-state index < -0.39 is 19.7 Å². The van der Waals surface area contributed by atoms with Gasteiger partial charge in [-0.25, -0.2) is 16.8 Å². The molecule has 0 saturated carbocycles. The van der Waals surface area contributed by atoms with E-state index in [4.69, 9.17) is 4.74 Å². The number of hydrogen-bond donors (Lipinski definition) is 0. The third kappa shape index (κ3) is 7.81. The maximum atomic E-state index is 12.0. The molecule has 0 aliphatic heterocycles. The Hall–Kier alpha value is -1.70. The number of rotatable bonds is 10. The van der Waals surface area contributed by atoms with E-state index in [9.17, 15) is 16.8 Å². The first kappa shape index (κ1) is 19.6. The molecule has 2 aromatic rings. The Balaban J connectivity index is 1.70. The van der Waals surface area contributed by atoms with E-state index >= 15 is 0 Å². The topological polar surface area (TPSA) is 77.5 Å². The van der Waals surface area contributed by atoms with Crippen molar-refractivity contribution in [3.63, 3.8) is 0 Å². The SMILES string of the molecule is O=S(=O)(CCOCCS(=O)(=O)Cc1ccccc1)Cc1ccccc1. The predicted octanol–water partition coefficient (Wildman–Crippen LogP) is 2.23. The molecule has 136 valence electrons. The molecular formula is C18H22O5S2. The van der Waals surface area contributed by atoms with E-state index in [1.807, 2.05) is 12.1 Å². The zero-order valence-corrected chi connectivity index (χ0v) is 15.5. The molecule has 25 heavy (non-hydrogen) atoms. The van der Waals surface area contributed by atoms with Crippen molar-refractivity contribution in [1.82, 2.24) is 0 Å². The van der Waals surface area contributed by atoms with Gasteiger partial charge < -0.3 is 4.74 Å². The highest BCUT2D eigenvalue weighted by Crippen LogP contribution is 2.07. The lowest BCUT2D eigenvalue weighted by Crippen LogP contribution is -2.18. The third-order valence-electron chi connectivity index (χ3n) is 3.54. The lowest BCUT2D eigenvalue weighted by molar-refractivity contribution is 0.165. The van der Waals surface area contributed by atoms with Crippen LogP contribution in [0.1, 0.15) is 11.1 Å². The van der Waals surface area contributed by atoms with Crippen LogP contribution < -0.4 is 0 Å². The van der Waals surface area contributed by atoms with Gasteiger partial charge >= 0.3 is 0 Å². The Kier molecular flexibility index (Phi) is 7.16. The minimum absolute atomic E-state index is 0.00394. The van der Waals surface area contributed by atoms with Gasteiger partial charge in [0.25, 0.3) is 0 Å². The average molecular weight is 383 g/mol. The monoisotopic (exact) mass is 382 g/mol. The van der Waals surface area contributed by atoms with Gasteiger partial charge in [0, 0.05) is 0 Å². The van der Waals surface area contributed by atoms with Gasteiger partial charge in [0.15, 0.2) is 19.7 Å². The van der Waals surface area contributed by atoms with Crippen LogP contribution in [0.3, 0.4) is 0 Å². The Morgan fingerprint density at radius 1 is 0.600 bits per heavy atom. The molecule has 2 aromatic carbocycles. The summed E-state index contributed by atoms with van der Waals surface area (Å²) in [6.45, 7) is -0.00789. The molecule has 0 amide bonds. The van der Waals surface area contributed by atoms with Crippen LogP contribution in [0.15, 0.2) is 60.7 Å². The maximum absolute atomic E-state index is 12.0. The first-order chi connectivity index (χ1) is 11.9. The quantitative estimate of drug-likeness (QED) is 0.589. The van der Waals surface area contributed by atoms with E-state index in [0.29, 0.717) is 0 Å². The number of sulfone groups is 2. The smallest absolute Gasteiger partial charge is 0.156 e. The Bertz CT molecular complexity index is 771. The van der Waals surface area contributed by atoms with Crippen LogP contribution >= 0.6 is 0 Å². The number of hydrogen-bond acceptors (Lipinski definition) is 5. The van der Waals surface area contributed by atoms with Gasteiger partial charge in [-0.2, -0.15) is 0 Å². The minimum atomic E-state index is -3.27. The molecular weight excluding hydrogens is 360 g/mol. The number of benzene rings is 2. The lowest BCUT2D eigenvalue weighted by Gasteiger charge is -2.07. The van der Waals surface area contributed by atoms with Crippen LogP contribution in [-0.2, 0) is 35.9 Å². The van der Waals surface area contributed by atoms with Crippen molar-refractivity contribution in [3.05, 3.63) is 71.8 Å². The van der Waals surface area contributed by atoms with Crippen molar-refractivity contribution in [2.24, 2.45) is 0 Å². The minimum Gasteiger partial charge on any atom is -0.379 e. The fourth-order valence-electron chi connectivity index (χ4n) is 2.27. The molecule has 0 fully saturated rings. The van der Waals surface area contributed by atoms with E-state index in [2.05, 4.69) is 0 Å². The Morgan fingerprint density at radius 2 is 0.960 bits per heavy atom. The highest BCUT2D eigenvalue weighted by molar-refractivity contribution is 7.90. The van der Waals surface area contributed by atoms with Crippen LogP contribution in [0.5, 0.6) is 0 Å². The standard InChI is InChI=1S/C18H22O5S2/c19-24(20,15-17-7-3-1-4-8-17)13-11-23-12-14-25(21,22)16-18-9-5-2-6-10-18/h1-10H,11-16H2. The van der Waals surface area contributed by atoms with Gasteiger partial charge in [-0.1, -0.05) is 60.7 Å². The lowest BCUT2D eigenvalue weighted by atomic mass is 10.2. The first-order valence-electron chi connectivity index (χ1n) is 7.93. The molecule has 0 aromatic heterocycles. The van der Waals surface area contributed by atoms with Crippen molar-refractivity contribution in [3.8, 4) is 0 Å². The average Bonchev–Trinajstić information content (AvgIpc) is 2.55. The van der Waals surface area contributed by atoms with Crippen molar-refractivity contribution in [2.75, 3.05) is 24.7 Å². The molecule has 5 nitrogen and oxygen atoms in total. The summed E-state index contributed by atoms with van der Waals surface area (Å²) >= 11 is 0. The second-order valence-electron chi connectivity index (χ2n) is 5.77. The molecule has 7 heteroatoms. The summed E-state index contributed by atoms with van der Waals surface area (Å²) in [5.41, 5.74) is 1.46. The third-order valence-corrected chi connectivity index (χ3v) is 6.66. The van der Waals surface area contributed by atoms with Gasteiger partial charge in [0.1, 0.15) is 0 Å². The maximum Gasteiger partial charge on any atom is 0.156 e. The van der Waals surface area contributed by atoms with E-state index in [1.54, 1.807) is 48.5 Å². The highest BCUT2D eigenvalue weighted by Gasteiger charge is 2.14. The van der Waals surface area contributed by atoms with Gasteiger partial charge in [-0.3, -0.25) is 0 Å². The molecule has 0 unspecified atom stereocenters. The molecule has 0 bridgehead atoms. The van der Waals surface area contributed by atoms with Gasteiger partial charge in [0.2, 0.25) is 0 Å². The zero-order valence-electron chi connectivity index (χ0n) is 13.9. The molecule has 0 aliphatic carbocycles. The summed E-state index contributed by atoms with van der Waals surface area (Å²) in [5, 5.41) is 0. The molecule has 2 rings (SSSR count). The van der Waals surface area contributed by atoms with E-state index in [-0.39, 0.29) is 36.2 Å². The fraction of sp³-hybridized carbons (Fsp3) is 0.333. The summed E-state index contributed by atoms with van der Waals surface area (Å²) in [5.74, 6) is -0.325. The Labute approximate surface area is 149 Å². The summed E-state index contributed by atoms with van der Waals surface area (Å²) in [6.07, 6.45) is 0. The number of ether oxygens (including phenoxy) is 1. The van der Waals surface area contributed by atoms with E-state index in [1.165, 1.54) is 0 Å². The Morgan fingerprint density at radius 3 is 1.32 bits per heavy atom. The molecule has 0 N–H and O–H groups in total. The zero-order chi connectivity index (χ0) is 18.2. The summed E-state index contributed by atoms with van der Waals surface area (Å²) < 4.78 is 53.2. The second kappa shape index (κ2) is 9.12. The van der Waals surface area contributed by atoms with Crippen LogP contribution in [0.2, 0.25) is 0 Å². The summed E-state index contributed by atoms with van der Waals surface area (Å²) in [7, 11) is -6.55. The molecule has 0 radical (unpaired) electrons. The van der Waals surface area contributed by atoms with Crippen LogP contribution in [-0.4, -0.2) is 41.6 Å². The van der Waals surface area contributed by atoms with Crippen LogP contribution in [0.25, 0.3) is 0 Å². The predicted molar refractivity (Wildman–Crippen MR) is 98.7 cm³/mol. The van der Waals surface area contributed by atoms with Gasteiger partial charge in [0.05, 0.1) is 36.2 Å². The second-order valence-corrected chi connectivity index (χ2v) is 10.1. The highest BCUT2D eigenvalue weighted by atomic mass is 32.2. The van der Waals surface area contributed by atoms with Crippen LogP contribution in [0, 0.1) is 0 Å². The fourth-order valence-corrected chi connectivity index (χ4v) is 4.71. The van der Waals surface area contributed by atoms with Crippen molar-refractivity contribution >= 4 is 19.7 Å².